The topological polar surface area (TPSA) is 134 Å². The number of aromatic amines is 2. The Labute approximate surface area is 197 Å². The fourth-order valence-electron chi connectivity index (χ4n) is 3.06. The molecule has 4 rings (SSSR count). The number of H-pyrrole nitrogens is 2. The van der Waals surface area contributed by atoms with Crippen molar-refractivity contribution in [1.29, 1.82) is 5.26 Å². The summed E-state index contributed by atoms with van der Waals surface area (Å²) >= 11 is 0. The van der Waals surface area contributed by atoms with Gasteiger partial charge in [-0.2, -0.15) is 19.1 Å². The second-order valence-electron chi connectivity index (χ2n) is 6.95. The molecule has 0 aliphatic carbocycles. The van der Waals surface area contributed by atoms with E-state index in [-0.39, 0.29) is 28.2 Å². The van der Waals surface area contributed by atoms with Crippen molar-refractivity contribution in [2.45, 2.75) is 13.5 Å². The molecule has 0 saturated heterocycles. The van der Waals surface area contributed by atoms with E-state index in [9.17, 15) is 18.4 Å². The zero-order valence-corrected chi connectivity index (χ0v) is 18.6. The number of nitriles is 1. The summed E-state index contributed by atoms with van der Waals surface area (Å²) in [5.74, 6) is 0.0940. The number of rotatable bonds is 5. The molecule has 0 unspecified atom stereocenters. The molecule has 0 aliphatic rings. The molecule has 9 nitrogen and oxygen atoms in total. The lowest BCUT2D eigenvalue weighted by atomic mass is 10.0. The summed E-state index contributed by atoms with van der Waals surface area (Å²) in [6.45, 7) is -1.12. The van der Waals surface area contributed by atoms with E-state index < -0.39 is 6.61 Å². The first-order chi connectivity index (χ1) is 16.8. The van der Waals surface area contributed by atoms with Gasteiger partial charge in [-0.1, -0.05) is 0 Å². The third kappa shape index (κ3) is 6.35. The van der Waals surface area contributed by atoms with Crippen molar-refractivity contribution in [2.75, 3.05) is 7.11 Å². The fraction of sp³-hybridized carbons (Fsp3) is 0.125. The standard InChI is InChI=1S/C12H10F2N2O3.C12H9N3O/c1-18-10-6-7(2-4-9(10)19-12(13)14)8-3-5-11(17)16-15-8;1-8-11(9-2-4-14-5-3-9)6-10(7-13)12(16)15-8/h2-6,12H,1H3,(H,16,17);2-6H,1H3,(H,15,16). The van der Waals surface area contributed by atoms with Crippen LogP contribution >= 0.6 is 0 Å². The number of ether oxygens (including phenoxy) is 2. The van der Waals surface area contributed by atoms with Gasteiger partial charge in [-0.15, -0.1) is 0 Å². The molecule has 0 saturated carbocycles. The second-order valence-corrected chi connectivity index (χ2v) is 6.95. The summed E-state index contributed by atoms with van der Waals surface area (Å²) in [4.78, 5) is 28.9. The molecule has 2 N–H and O–H groups in total. The number of hydrogen-bond donors (Lipinski definition) is 2. The minimum atomic E-state index is -2.93. The Morgan fingerprint density at radius 2 is 1.74 bits per heavy atom. The van der Waals surface area contributed by atoms with E-state index >= 15 is 0 Å². The highest BCUT2D eigenvalue weighted by atomic mass is 19.3. The van der Waals surface area contributed by atoms with Crippen LogP contribution in [0.2, 0.25) is 0 Å². The number of hydrogen-bond acceptors (Lipinski definition) is 7. The maximum absolute atomic E-state index is 12.2. The number of aryl methyl sites for hydroxylation is 1. The normalized spacial score (nSPS) is 10.2. The van der Waals surface area contributed by atoms with Crippen LogP contribution in [0, 0.1) is 18.3 Å². The molecule has 0 amide bonds. The minimum Gasteiger partial charge on any atom is -0.493 e. The van der Waals surface area contributed by atoms with Gasteiger partial charge in [0.05, 0.1) is 12.8 Å². The van der Waals surface area contributed by atoms with Gasteiger partial charge >= 0.3 is 6.61 Å². The summed E-state index contributed by atoms with van der Waals surface area (Å²) in [5.41, 5.74) is 3.06. The zero-order valence-electron chi connectivity index (χ0n) is 18.6. The van der Waals surface area contributed by atoms with Gasteiger partial charge in [-0.25, -0.2) is 5.10 Å². The first kappa shape index (κ1) is 24.8. The lowest BCUT2D eigenvalue weighted by Gasteiger charge is -2.10. The lowest BCUT2D eigenvalue weighted by Crippen LogP contribution is -2.11. The fourth-order valence-corrected chi connectivity index (χ4v) is 3.06. The Morgan fingerprint density at radius 1 is 1.00 bits per heavy atom. The molecule has 3 heterocycles. The van der Waals surface area contributed by atoms with E-state index in [1.807, 2.05) is 18.2 Å². The molecule has 4 aromatic rings. The first-order valence-corrected chi connectivity index (χ1v) is 10.1. The first-order valence-electron chi connectivity index (χ1n) is 10.1. The van der Waals surface area contributed by atoms with Gasteiger partial charge < -0.3 is 14.5 Å². The van der Waals surface area contributed by atoms with Crippen molar-refractivity contribution in [2.24, 2.45) is 0 Å². The number of alkyl halides is 2. The third-order valence-electron chi connectivity index (χ3n) is 4.70. The number of nitrogens with zero attached hydrogens (tertiary/aromatic N) is 3. The number of pyridine rings is 2. The molecule has 0 aliphatic heterocycles. The highest BCUT2D eigenvalue weighted by Gasteiger charge is 2.12. The number of nitrogens with one attached hydrogen (secondary N) is 2. The van der Waals surface area contributed by atoms with Crippen LogP contribution in [0.4, 0.5) is 8.78 Å². The summed E-state index contributed by atoms with van der Waals surface area (Å²) < 4.78 is 33.6. The van der Waals surface area contributed by atoms with Gasteiger partial charge in [-0.3, -0.25) is 14.6 Å². The molecule has 0 radical (unpaired) electrons. The Balaban J connectivity index is 0.000000198. The molecule has 3 aromatic heterocycles. The summed E-state index contributed by atoms with van der Waals surface area (Å²) in [5, 5.41) is 14.9. The van der Waals surface area contributed by atoms with Crippen LogP contribution in [-0.2, 0) is 0 Å². The van der Waals surface area contributed by atoms with Gasteiger partial charge in [0.1, 0.15) is 11.6 Å². The van der Waals surface area contributed by atoms with Crippen molar-refractivity contribution in [1.82, 2.24) is 20.2 Å². The number of methoxy groups -OCH3 is 1. The summed E-state index contributed by atoms with van der Waals surface area (Å²) in [6.07, 6.45) is 3.35. The molecular weight excluding hydrogens is 460 g/mol. The molecule has 35 heavy (non-hydrogen) atoms. The van der Waals surface area contributed by atoms with E-state index in [0.717, 1.165) is 16.8 Å². The van der Waals surface area contributed by atoms with Crippen LogP contribution < -0.4 is 20.6 Å². The average molecular weight is 479 g/mol. The molecule has 0 fully saturated rings. The van der Waals surface area contributed by atoms with E-state index in [0.29, 0.717) is 11.3 Å². The monoisotopic (exact) mass is 479 g/mol. The van der Waals surface area contributed by atoms with E-state index in [1.165, 1.54) is 31.4 Å². The van der Waals surface area contributed by atoms with Gasteiger partial charge in [0.25, 0.3) is 11.1 Å². The van der Waals surface area contributed by atoms with E-state index in [2.05, 4.69) is 24.9 Å². The smallest absolute Gasteiger partial charge is 0.387 e. The van der Waals surface area contributed by atoms with Crippen LogP contribution in [0.5, 0.6) is 11.5 Å². The molecule has 11 heteroatoms. The van der Waals surface area contributed by atoms with Crippen LogP contribution in [0.3, 0.4) is 0 Å². The minimum absolute atomic E-state index is 0.0642. The number of halogens is 2. The largest absolute Gasteiger partial charge is 0.493 e. The summed E-state index contributed by atoms with van der Waals surface area (Å²) in [6, 6.07) is 14.4. The maximum atomic E-state index is 12.2. The van der Waals surface area contributed by atoms with Crippen LogP contribution in [0.1, 0.15) is 11.3 Å². The molecule has 0 spiro atoms. The van der Waals surface area contributed by atoms with E-state index in [4.69, 9.17) is 10.00 Å². The zero-order chi connectivity index (χ0) is 25.4. The van der Waals surface area contributed by atoms with Crippen molar-refractivity contribution in [3.8, 4) is 40.0 Å². The third-order valence-corrected chi connectivity index (χ3v) is 4.70. The van der Waals surface area contributed by atoms with Crippen molar-refractivity contribution in [3.05, 3.63) is 92.9 Å². The van der Waals surface area contributed by atoms with Crippen molar-refractivity contribution in [3.63, 3.8) is 0 Å². The predicted octanol–water partition coefficient (Wildman–Crippen LogP) is 3.66. The molecular formula is C24H19F2N5O4. The highest BCUT2D eigenvalue weighted by molar-refractivity contribution is 5.66. The van der Waals surface area contributed by atoms with Crippen molar-refractivity contribution < 1.29 is 18.3 Å². The second kappa shape index (κ2) is 11.3. The molecule has 1 aromatic carbocycles. The number of aromatic nitrogens is 4. The predicted molar refractivity (Wildman–Crippen MR) is 123 cm³/mol. The van der Waals surface area contributed by atoms with Crippen LogP contribution in [0.15, 0.2) is 70.5 Å². The van der Waals surface area contributed by atoms with Gasteiger partial charge in [-0.05, 0) is 55.0 Å². The Hall–Kier alpha value is -4.85. The maximum Gasteiger partial charge on any atom is 0.387 e. The Morgan fingerprint density at radius 3 is 2.34 bits per heavy atom. The van der Waals surface area contributed by atoms with Crippen molar-refractivity contribution >= 4 is 0 Å². The van der Waals surface area contributed by atoms with Gasteiger partial charge in [0.15, 0.2) is 11.5 Å². The Bertz CT molecular complexity index is 1440. The van der Waals surface area contributed by atoms with Crippen LogP contribution in [0.25, 0.3) is 22.4 Å². The molecule has 0 atom stereocenters. The summed E-state index contributed by atoms with van der Waals surface area (Å²) in [7, 11) is 1.34. The van der Waals surface area contributed by atoms with Gasteiger partial charge in [0, 0.05) is 35.3 Å². The average Bonchev–Trinajstić information content (AvgIpc) is 2.85. The van der Waals surface area contributed by atoms with Crippen LogP contribution in [-0.4, -0.2) is 33.9 Å². The van der Waals surface area contributed by atoms with E-state index in [1.54, 1.807) is 31.5 Å². The SMILES string of the molecule is COc1cc(-c2ccc(=O)[nH]n2)ccc1OC(F)F.Cc1[nH]c(=O)c(C#N)cc1-c1ccncc1. The molecule has 178 valence electrons. The quantitative estimate of drug-likeness (QED) is 0.446. The number of benzene rings is 1. The molecule has 0 bridgehead atoms. The lowest BCUT2D eigenvalue weighted by molar-refractivity contribution is -0.0512. The Kier molecular flexibility index (Phi) is 8.02. The van der Waals surface area contributed by atoms with Gasteiger partial charge in [0.2, 0.25) is 0 Å². The highest BCUT2D eigenvalue weighted by Crippen LogP contribution is 2.32.